The summed E-state index contributed by atoms with van der Waals surface area (Å²) in [4.78, 5) is 29.8. The van der Waals surface area contributed by atoms with Gasteiger partial charge in [0, 0.05) is 19.5 Å². The van der Waals surface area contributed by atoms with E-state index in [0.29, 0.717) is 12.3 Å². The number of hydrogen-bond acceptors (Lipinski definition) is 6. The first kappa shape index (κ1) is 34.1. The maximum Gasteiger partial charge on any atom is 0.264 e. The van der Waals surface area contributed by atoms with Crippen LogP contribution >= 0.6 is 0 Å². The van der Waals surface area contributed by atoms with Gasteiger partial charge in [0.05, 0.1) is 24.8 Å². The number of rotatable bonds is 15. The fourth-order valence-corrected chi connectivity index (χ4v) is 6.58. The number of benzene rings is 4. The predicted octanol–water partition coefficient (Wildman–Crippen LogP) is 5.37. The normalized spacial score (nSPS) is 11.7. The molecule has 46 heavy (non-hydrogen) atoms. The number of sulfonamides is 1. The van der Waals surface area contributed by atoms with Crippen molar-refractivity contribution >= 4 is 27.5 Å². The van der Waals surface area contributed by atoms with Crippen LogP contribution in [0.5, 0.6) is 11.5 Å². The Labute approximate surface area is 271 Å². The highest BCUT2D eigenvalue weighted by Gasteiger charge is 2.35. The first-order valence-corrected chi connectivity index (χ1v) is 16.6. The van der Waals surface area contributed by atoms with Crippen molar-refractivity contribution in [2.45, 2.75) is 44.2 Å². The molecule has 0 unspecified atom stereocenters. The van der Waals surface area contributed by atoms with Crippen LogP contribution in [0.25, 0.3) is 0 Å². The summed E-state index contributed by atoms with van der Waals surface area (Å²) in [5.41, 5.74) is 2.88. The number of para-hydroxylation sites is 2. The molecular formula is C36H41N3O6S. The molecule has 2 amide bonds. The van der Waals surface area contributed by atoms with Crippen LogP contribution in [0.2, 0.25) is 0 Å². The van der Waals surface area contributed by atoms with Gasteiger partial charge in [-0.25, -0.2) is 8.42 Å². The van der Waals surface area contributed by atoms with Crippen molar-refractivity contribution in [1.82, 2.24) is 10.2 Å². The molecule has 1 N–H and O–H groups in total. The minimum atomic E-state index is -4.29. The molecule has 0 fully saturated rings. The smallest absolute Gasteiger partial charge is 0.264 e. The molecule has 0 aliphatic carbocycles. The molecule has 0 bridgehead atoms. The number of nitrogens with one attached hydrogen (secondary N) is 1. The number of methoxy groups -OCH3 is 2. The minimum absolute atomic E-state index is 0.0289. The van der Waals surface area contributed by atoms with E-state index >= 15 is 0 Å². The standard InChI is InChI=1S/C36H41N3O6S/c1-5-22-37-36(41)33(24-28-13-7-6-8-14-28)38(25-29-15-11-12-27(2)23-29)35(40)26-39(32-16-9-10-17-34(32)45-4)46(42,43)31-20-18-30(44-3)19-21-31/h6-21,23,33H,5,22,24-26H2,1-4H3,(H,37,41)/t33-/m1/s1. The number of carbonyl (C=O) groups excluding carboxylic acids is 2. The Morgan fingerprint density at radius 3 is 2.15 bits per heavy atom. The second-order valence-corrected chi connectivity index (χ2v) is 12.7. The van der Waals surface area contributed by atoms with Gasteiger partial charge in [-0.2, -0.15) is 0 Å². The second-order valence-electron chi connectivity index (χ2n) is 10.9. The van der Waals surface area contributed by atoms with Gasteiger partial charge >= 0.3 is 0 Å². The van der Waals surface area contributed by atoms with Crippen LogP contribution in [0, 0.1) is 6.92 Å². The summed E-state index contributed by atoms with van der Waals surface area (Å²) in [6.45, 7) is 3.87. The van der Waals surface area contributed by atoms with Crippen LogP contribution in [0.4, 0.5) is 5.69 Å². The molecule has 1 atom stereocenters. The Morgan fingerprint density at radius 2 is 1.50 bits per heavy atom. The molecule has 4 rings (SSSR count). The summed E-state index contributed by atoms with van der Waals surface area (Å²) in [6.07, 6.45) is 0.963. The summed E-state index contributed by atoms with van der Waals surface area (Å²) in [7, 11) is -1.35. The monoisotopic (exact) mass is 643 g/mol. The van der Waals surface area contributed by atoms with E-state index in [9.17, 15) is 18.0 Å². The third-order valence-corrected chi connectivity index (χ3v) is 9.31. The fraction of sp³-hybridized carbons (Fsp3) is 0.278. The van der Waals surface area contributed by atoms with E-state index in [4.69, 9.17) is 9.47 Å². The van der Waals surface area contributed by atoms with Crippen LogP contribution in [-0.2, 0) is 32.6 Å². The molecule has 10 heteroatoms. The lowest BCUT2D eigenvalue weighted by atomic mass is 10.0. The molecule has 4 aromatic carbocycles. The molecule has 0 saturated carbocycles. The van der Waals surface area contributed by atoms with Gasteiger partial charge in [0.1, 0.15) is 24.1 Å². The zero-order chi connectivity index (χ0) is 33.1. The summed E-state index contributed by atoms with van der Waals surface area (Å²) in [5.74, 6) is -0.0881. The van der Waals surface area contributed by atoms with Gasteiger partial charge < -0.3 is 19.7 Å². The Morgan fingerprint density at radius 1 is 0.826 bits per heavy atom. The van der Waals surface area contributed by atoms with Gasteiger partial charge in [0.2, 0.25) is 11.8 Å². The predicted molar refractivity (Wildman–Crippen MR) is 179 cm³/mol. The molecule has 9 nitrogen and oxygen atoms in total. The molecule has 242 valence electrons. The summed E-state index contributed by atoms with van der Waals surface area (Å²) in [5, 5.41) is 2.96. The number of carbonyl (C=O) groups is 2. The van der Waals surface area contributed by atoms with Crippen molar-refractivity contribution in [3.05, 3.63) is 120 Å². The van der Waals surface area contributed by atoms with Crippen LogP contribution in [0.1, 0.15) is 30.0 Å². The highest BCUT2D eigenvalue weighted by Crippen LogP contribution is 2.33. The molecule has 0 saturated heterocycles. The first-order valence-electron chi connectivity index (χ1n) is 15.1. The third-order valence-electron chi connectivity index (χ3n) is 7.54. The van der Waals surface area contributed by atoms with Crippen molar-refractivity contribution in [1.29, 1.82) is 0 Å². The van der Waals surface area contributed by atoms with Gasteiger partial charge in [-0.05, 0) is 60.9 Å². The molecule has 0 heterocycles. The average molecular weight is 644 g/mol. The Kier molecular flexibility index (Phi) is 11.8. The number of hydrogen-bond donors (Lipinski definition) is 1. The molecule has 0 spiro atoms. The zero-order valence-electron chi connectivity index (χ0n) is 26.7. The number of ether oxygens (including phenoxy) is 2. The Bertz CT molecular complexity index is 1710. The lowest BCUT2D eigenvalue weighted by molar-refractivity contribution is -0.140. The van der Waals surface area contributed by atoms with Gasteiger partial charge in [-0.1, -0.05) is 79.2 Å². The molecule has 0 radical (unpaired) electrons. The maximum absolute atomic E-state index is 14.6. The highest BCUT2D eigenvalue weighted by molar-refractivity contribution is 7.92. The van der Waals surface area contributed by atoms with Gasteiger partial charge in [-0.3, -0.25) is 13.9 Å². The third kappa shape index (κ3) is 8.45. The second kappa shape index (κ2) is 15.9. The van der Waals surface area contributed by atoms with E-state index in [-0.39, 0.29) is 35.2 Å². The van der Waals surface area contributed by atoms with Crippen molar-refractivity contribution in [3.63, 3.8) is 0 Å². The fourth-order valence-electron chi connectivity index (χ4n) is 5.15. The number of anilines is 1. The Balaban J connectivity index is 1.82. The first-order chi connectivity index (χ1) is 22.2. The lowest BCUT2D eigenvalue weighted by Gasteiger charge is -2.34. The van der Waals surface area contributed by atoms with Gasteiger partial charge in [0.25, 0.3) is 10.0 Å². The van der Waals surface area contributed by atoms with E-state index in [1.807, 2.05) is 68.4 Å². The number of nitrogens with zero attached hydrogens (tertiary/aromatic N) is 2. The molecule has 0 aliphatic rings. The molecule has 0 aromatic heterocycles. The van der Waals surface area contributed by atoms with Crippen LogP contribution in [0.15, 0.2) is 108 Å². The molecular weight excluding hydrogens is 602 g/mol. The van der Waals surface area contributed by atoms with Crippen LogP contribution in [0.3, 0.4) is 0 Å². The Hall–Kier alpha value is -4.83. The SMILES string of the molecule is CCCNC(=O)[C@@H](Cc1ccccc1)N(Cc1cccc(C)c1)C(=O)CN(c1ccccc1OC)S(=O)(=O)c1ccc(OC)cc1. The van der Waals surface area contributed by atoms with Gasteiger partial charge in [0.15, 0.2) is 0 Å². The summed E-state index contributed by atoms with van der Waals surface area (Å²) in [6, 6.07) is 28.8. The van der Waals surface area contributed by atoms with Gasteiger partial charge in [-0.15, -0.1) is 0 Å². The average Bonchev–Trinajstić information content (AvgIpc) is 3.08. The molecule has 4 aromatic rings. The van der Waals surface area contributed by atoms with Crippen LogP contribution < -0.4 is 19.1 Å². The van der Waals surface area contributed by atoms with Crippen molar-refractivity contribution in [2.24, 2.45) is 0 Å². The van der Waals surface area contributed by atoms with Crippen LogP contribution in [-0.4, -0.2) is 58.5 Å². The lowest BCUT2D eigenvalue weighted by Crippen LogP contribution is -2.53. The topological polar surface area (TPSA) is 105 Å². The van der Waals surface area contributed by atoms with E-state index in [1.165, 1.54) is 31.3 Å². The zero-order valence-corrected chi connectivity index (χ0v) is 27.5. The van der Waals surface area contributed by atoms with E-state index in [0.717, 1.165) is 27.4 Å². The highest BCUT2D eigenvalue weighted by atomic mass is 32.2. The summed E-state index contributed by atoms with van der Waals surface area (Å²) < 4.78 is 40.4. The minimum Gasteiger partial charge on any atom is -0.497 e. The van der Waals surface area contributed by atoms with Crippen molar-refractivity contribution in [3.8, 4) is 11.5 Å². The molecule has 0 aliphatic heterocycles. The van der Waals surface area contributed by atoms with E-state index in [1.54, 1.807) is 36.4 Å². The maximum atomic E-state index is 14.6. The van der Waals surface area contributed by atoms with E-state index < -0.39 is 28.5 Å². The number of aryl methyl sites for hydroxylation is 1. The van der Waals surface area contributed by atoms with E-state index in [2.05, 4.69) is 5.32 Å². The van der Waals surface area contributed by atoms with Crippen molar-refractivity contribution < 1.29 is 27.5 Å². The van der Waals surface area contributed by atoms with Crippen molar-refractivity contribution in [2.75, 3.05) is 31.6 Å². The summed E-state index contributed by atoms with van der Waals surface area (Å²) >= 11 is 0. The quantitative estimate of drug-likeness (QED) is 0.187. The largest absolute Gasteiger partial charge is 0.497 e. The number of amides is 2.